The van der Waals surface area contributed by atoms with Crippen molar-refractivity contribution in [3.05, 3.63) is 35.9 Å². The van der Waals surface area contributed by atoms with Gasteiger partial charge in [-0.05, 0) is 19.1 Å². The molecule has 76 valence electrons. The van der Waals surface area contributed by atoms with Crippen molar-refractivity contribution < 1.29 is 14.6 Å². The van der Waals surface area contributed by atoms with Gasteiger partial charge in [0.25, 0.3) is 0 Å². The van der Waals surface area contributed by atoms with Crippen LogP contribution < -0.4 is 4.74 Å². The second-order valence-electron chi connectivity index (χ2n) is 2.93. The lowest BCUT2D eigenvalue weighted by Crippen LogP contribution is -2.09. The van der Waals surface area contributed by atoms with Gasteiger partial charge >= 0.3 is 5.97 Å². The fraction of sp³-hybridized carbons (Fsp3) is 0.0909. The van der Waals surface area contributed by atoms with E-state index < -0.39 is 5.97 Å². The molecule has 1 rings (SSSR count). The van der Waals surface area contributed by atoms with Crippen molar-refractivity contribution in [2.75, 3.05) is 0 Å². The molecule has 0 aliphatic carbocycles. The highest BCUT2D eigenvalue weighted by molar-refractivity contribution is 5.89. The first kappa shape index (κ1) is 10.8. The molecule has 0 spiro atoms. The van der Waals surface area contributed by atoms with Crippen LogP contribution in [-0.4, -0.2) is 11.1 Å². The van der Waals surface area contributed by atoms with Crippen LogP contribution in [0.5, 0.6) is 11.5 Å². The van der Waals surface area contributed by atoms with Crippen LogP contribution in [0.2, 0.25) is 0 Å². The summed E-state index contributed by atoms with van der Waals surface area (Å²) >= 11 is 0. The van der Waals surface area contributed by atoms with Gasteiger partial charge in [0.05, 0.1) is 0 Å². The molecule has 0 saturated heterocycles. The summed E-state index contributed by atoms with van der Waals surface area (Å²) in [4.78, 5) is 11.2. The van der Waals surface area contributed by atoms with E-state index in [-0.39, 0.29) is 22.6 Å². The molecule has 0 saturated carbocycles. The first-order valence-corrected chi connectivity index (χ1v) is 4.16. The predicted molar refractivity (Wildman–Crippen MR) is 53.3 cm³/mol. The number of hydrogen-bond acceptors (Lipinski definition) is 4. The van der Waals surface area contributed by atoms with Gasteiger partial charge in [-0.3, -0.25) is 0 Å². The SMILES string of the molecule is C=C(C)C(=O)Oc1cccc(O)c1C#N. The number of ether oxygens (including phenoxy) is 1. The Balaban J connectivity index is 3.06. The van der Waals surface area contributed by atoms with Crippen molar-refractivity contribution >= 4 is 5.97 Å². The third kappa shape index (κ3) is 2.35. The van der Waals surface area contributed by atoms with Crippen LogP contribution >= 0.6 is 0 Å². The molecule has 0 amide bonds. The third-order valence-electron chi connectivity index (χ3n) is 1.67. The normalized spacial score (nSPS) is 9.07. The van der Waals surface area contributed by atoms with Crippen LogP contribution in [0.15, 0.2) is 30.4 Å². The summed E-state index contributed by atoms with van der Waals surface area (Å²) in [5.41, 5.74) is 0.161. The average molecular weight is 203 g/mol. The number of nitrogens with zero attached hydrogens (tertiary/aromatic N) is 1. The number of phenolic OH excluding ortho intramolecular Hbond substituents is 1. The van der Waals surface area contributed by atoms with Gasteiger partial charge in [-0.25, -0.2) is 4.79 Å². The molecule has 0 unspecified atom stereocenters. The molecule has 0 radical (unpaired) electrons. The number of rotatable bonds is 2. The molecule has 1 aromatic carbocycles. The first-order valence-electron chi connectivity index (χ1n) is 4.16. The lowest BCUT2D eigenvalue weighted by Gasteiger charge is -2.05. The maximum atomic E-state index is 11.2. The Hall–Kier alpha value is -2.28. The summed E-state index contributed by atoms with van der Waals surface area (Å²) in [5.74, 6) is -0.813. The number of nitriles is 1. The van der Waals surface area contributed by atoms with Gasteiger partial charge in [-0.15, -0.1) is 0 Å². The molecule has 15 heavy (non-hydrogen) atoms. The number of benzene rings is 1. The summed E-state index contributed by atoms with van der Waals surface area (Å²) < 4.78 is 4.86. The largest absolute Gasteiger partial charge is 0.506 e. The third-order valence-corrected chi connectivity index (χ3v) is 1.67. The zero-order valence-corrected chi connectivity index (χ0v) is 8.15. The molecular weight excluding hydrogens is 194 g/mol. The van der Waals surface area contributed by atoms with E-state index in [1.165, 1.54) is 25.1 Å². The molecule has 1 N–H and O–H groups in total. The Kier molecular flexibility index (Phi) is 3.09. The van der Waals surface area contributed by atoms with E-state index in [4.69, 9.17) is 10.00 Å². The molecule has 4 heteroatoms. The summed E-state index contributed by atoms with van der Waals surface area (Å²) in [6.45, 7) is 4.91. The minimum atomic E-state index is -0.628. The lowest BCUT2D eigenvalue weighted by atomic mass is 10.2. The smallest absolute Gasteiger partial charge is 0.338 e. The van der Waals surface area contributed by atoms with Gasteiger partial charge in [0.2, 0.25) is 0 Å². The highest BCUT2D eigenvalue weighted by Crippen LogP contribution is 2.26. The number of hydrogen-bond donors (Lipinski definition) is 1. The van der Waals surface area contributed by atoms with Gasteiger partial charge in [0.1, 0.15) is 17.4 Å². The van der Waals surface area contributed by atoms with Crippen molar-refractivity contribution in [2.24, 2.45) is 0 Å². The second-order valence-corrected chi connectivity index (χ2v) is 2.93. The number of phenols is 1. The highest BCUT2D eigenvalue weighted by Gasteiger charge is 2.12. The van der Waals surface area contributed by atoms with Crippen LogP contribution in [0.3, 0.4) is 0 Å². The van der Waals surface area contributed by atoms with E-state index in [1.54, 1.807) is 6.07 Å². The van der Waals surface area contributed by atoms with E-state index >= 15 is 0 Å². The van der Waals surface area contributed by atoms with Gasteiger partial charge < -0.3 is 9.84 Å². The molecule has 0 aromatic heterocycles. The lowest BCUT2D eigenvalue weighted by molar-refractivity contribution is -0.130. The Morgan fingerprint density at radius 2 is 2.27 bits per heavy atom. The number of carbonyl (C=O) groups is 1. The maximum absolute atomic E-state index is 11.2. The maximum Gasteiger partial charge on any atom is 0.338 e. The van der Waals surface area contributed by atoms with Gasteiger partial charge in [0.15, 0.2) is 5.75 Å². The highest BCUT2D eigenvalue weighted by atomic mass is 16.5. The van der Waals surface area contributed by atoms with Crippen LogP contribution in [0.25, 0.3) is 0 Å². The number of carbonyl (C=O) groups excluding carboxylic acids is 1. The molecule has 0 fully saturated rings. The fourth-order valence-corrected chi connectivity index (χ4v) is 0.904. The summed E-state index contributed by atoms with van der Waals surface area (Å²) in [6.07, 6.45) is 0. The van der Waals surface area contributed by atoms with Crippen LogP contribution in [0, 0.1) is 11.3 Å². The van der Waals surface area contributed by atoms with Crippen molar-refractivity contribution in [1.82, 2.24) is 0 Å². The van der Waals surface area contributed by atoms with E-state index in [0.29, 0.717) is 0 Å². The summed E-state index contributed by atoms with van der Waals surface area (Å²) in [6, 6.07) is 6.01. The van der Waals surface area contributed by atoms with E-state index in [9.17, 15) is 9.90 Å². The molecule has 0 aliphatic heterocycles. The Morgan fingerprint density at radius 1 is 1.60 bits per heavy atom. The molecule has 0 bridgehead atoms. The standard InChI is InChI=1S/C11H9NO3/c1-7(2)11(14)15-10-5-3-4-9(13)8(10)6-12/h3-5,13H,1H2,2H3. The van der Waals surface area contributed by atoms with Crippen molar-refractivity contribution in [1.29, 1.82) is 5.26 Å². The minimum absolute atomic E-state index is 0.0329. The van der Waals surface area contributed by atoms with Gasteiger partial charge in [-0.1, -0.05) is 12.6 Å². The molecule has 4 nitrogen and oxygen atoms in total. The summed E-state index contributed by atoms with van der Waals surface area (Å²) in [7, 11) is 0. The number of aromatic hydroxyl groups is 1. The monoisotopic (exact) mass is 203 g/mol. The average Bonchev–Trinajstić information content (AvgIpc) is 2.18. The van der Waals surface area contributed by atoms with E-state index in [2.05, 4.69) is 6.58 Å². The Morgan fingerprint density at radius 3 is 2.80 bits per heavy atom. The van der Waals surface area contributed by atoms with Crippen LogP contribution in [0.1, 0.15) is 12.5 Å². The topological polar surface area (TPSA) is 70.3 Å². The molecule has 0 aliphatic rings. The fourth-order valence-electron chi connectivity index (χ4n) is 0.904. The molecule has 0 atom stereocenters. The summed E-state index contributed by atoms with van der Waals surface area (Å²) in [5, 5.41) is 18.0. The van der Waals surface area contributed by atoms with Crippen molar-refractivity contribution in [2.45, 2.75) is 6.92 Å². The van der Waals surface area contributed by atoms with Gasteiger partial charge in [0, 0.05) is 5.57 Å². The number of esters is 1. The minimum Gasteiger partial charge on any atom is -0.506 e. The van der Waals surface area contributed by atoms with Crippen LogP contribution in [-0.2, 0) is 4.79 Å². The van der Waals surface area contributed by atoms with E-state index in [1.807, 2.05) is 0 Å². The van der Waals surface area contributed by atoms with E-state index in [0.717, 1.165) is 0 Å². The van der Waals surface area contributed by atoms with Crippen LogP contribution in [0.4, 0.5) is 0 Å². The predicted octanol–water partition coefficient (Wildman–Crippen LogP) is 1.75. The second kappa shape index (κ2) is 4.29. The van der Waals surface area contributed by atoms with Gasteiger partial charge in [-0.2, -0.15) is 5.26 Å². The quantitative estimate of drug-likeness (QED) is 0.451. The molecule has 0 heterocycles. The zero-order chi connectivity index (χ0) is 11.4. The Bertz CT molecular complexity index is 457. The zero-order valence-electron chi connectivity index (χ0n) is 8.15. The molecular formula is C11H9NO3. The molecule has 1 aromatic rings. The Labute approximate surface area is 87.0 Å². The first-order chi connectivity index (χ1) is 7.06. The van der Waals surface area contributed by atoms with Crippen molar-refractivity contribution in [3.8, 4) is 17.6 Å². The van der Waals surface area contributed by atoms with Crippen molar-refractivity contribution in [3.63, 3.8) is 0 Å².